The van der Waals surface area contributed by atoms with Crippen LogP contribution in [0.2, 0.25) is 0 Å². The minimum atomic E-state index is 0.503. The first kappa shape index (κ1) is 13.6. The summed E-state index contributed by atoms with van der Waals surface area (Å²) < 4.78 is 0. The average Bonchev–Trinajstić information content (AvgIpc) is 2.42. The van der Waals surface area contributed by atoms with Crippen molar-refractivity contribution in [3.8, 4) is 0 Å². The Morgan fingerprint density at radius 2 is 2.11 bits per heavy atom. The fraction of sp³-hybridized carbons (Fsp3) is 0.353. The summed E-state index contributed by atoms with van der Waals surface area (Å²) in [4.78, 5) is 5.48. The lowest BCUT2D eigenvalue weighted by atomic mass is 9.85. The van der Waals surface area contributed by atoms with Gasteiger partial charge in [0, 0.05) is 6.42 Å². The molecule has 0 fully saturated rings. The molecule has 1 aromatic rings. The predicted molar refractivity (Wildman–Crippen MR) is 80.0 cm³/mol. The van der Waals surface area contributed by atoms with Crippen molar-refractivity contribution < 1.29 is 4.84 Å². The van der Waals surface area contributed by atoms with Gasteiger partial charge in [-0.25, -0.2) is 0 Å². The van der Waals surface area contributed by atoms with Crippen LogP contribution in [0, 0.1) is 5.92 Å². The molecule has 0 amide bonds. The van der Waals surface area contributed by atoms with E-state index < -0.39 is 0 Å². The van der Waals surface area contributed by atoms with Gasteiger partial charge in [0.05, 0.1) is 5.71 Å². The third-order valence-corrected chi connectivity index (χ3v) is 3.55. The lowest BCUT2D eigenvalue weighted by molar-refractivity contribution is 0.129. The van der Waals surface area contributed by atoms with Crippen LogP contribution in [0.5, 0.6) is 0 Å². The number of allylic oxidation sites excluding steroid dienone is 3. The maximum Gasteiger partial charge on any atom is 0.142 e. The maximum atomic E-state index is 5.48. The van der Waals surface area contributed by atoms with E-state index in [2.05, 4.69) is 31.7 Å². The minimum absolute atomic E-state index is 0.503. The lowest BCUT2D eigenvalue weighted by Gasteiger charge is -2.21. The highest BCUT2D eigenvalue weighted by Gasteiger charge is 2.18. The number of rotatable bonds is 4. The van der Waals surface area contributed by atoms with Crippen LogP contribution in [0.25, 0.3) is 0 Å². The Hall–Kier alpha value is -1.83. The van der Waals surface area contributed by atoms with Crippen LogP contribution in [-0.2, 0) is 11.4 Å². The molecule has 2 nitrogen and oxygen atoms in total. The van der Waals surface area contributed by atoms with E-state index in [4.69, 9.17) is 4.84 Å². The minimum Gasteiger partial charge on any atom is -0.391 e. The van der Waals surface area contributed by atoms with Gasteiger partial charge in [-0.05, 0) is 37.3 Å². The molecule has 0 N–H and O–H groups in total. The van der Waals surface area contributed by atoms with E-state index in [9.17, 15) is 0 Å². The van der Waals surface area contributed by atoms with Crippen LogP contribution < -0.4 is 0 Å². The highest BCUT2D eigenvalue weighted by molar-refractivity contribution is 6.00. The summed E-state index contributed by atoms with van der Waals surface area (Å²) in [6, 6.07) is 10.1. The quantitative estimate of drug-likeness (QED) is 0.573. The van der Waals surface area contributed by atoms with Gasteiger partial charge in [0.15, 0.2) is 0 Å². The van der Waals surface area contributed by atoms with E-state index in [0.29, 0.717) is 12.5 Å². The Kier molecular flexibility index (Phi) is 4.56. The molecular formula is C17H21NO. The van der Waals surface area contributed by atoms with E-state index in [1.54, 1.807) is 0 Å². The second-order valence-corrected chi connectivity index (χ2v) is 5.17. The first-order chi connectivity index (χ1) is 9.16. The highest BCUT2D eigenvalue weighted by atomic mass is 16.6. The molecule has 0 aromatic heterocycles. The highest BCUT2D eigenvalue weighted by Crippen LogP contribution is 2.26. The van der Waals surface area contributed by atoms with Crippen LogP contribution in [-0.4, -0.2) is 5.71 Å². The molecule has 0 bridgehead atoms. The third-order valence-electron chi connectivity index (χ3n) is 3.55. The summed E-state index contributed by atoms with van der Waals surface area (Å²) in [5.41, 5.74) is 4.64. The van der Waals surface area contributed by atoms with Gasteiger partial charge in [-0.15, -0.1) is 0 Å². The summed E-state index contributed by atoms with van der Waals surface area (Å²) in [6.45, 7) is 8.75. The number of benzene rings is 1. The summed E-state index contributed by atoms with van der Waals surface area (Å²) in [5, 5.41) is 4.30. The summed E-state index contributed by atoms with van der Waals surface area (Å²) in [6.07, 6.45) is 4.24. The third kappa shape index (κ3) is 3.82. The van der Waals surface area contributed by atoms with Crippen molar-refractivity contribution in [1.29, 1.82) is 0 Å². The molecule has 2 heteroatoms. The lowest BCUT2D eigenvalue weighted by Crippen LogP contribution is -2.15. The molecule has 0 saturated heterocycles. The fourth-order valence-corrected chi connectivity index (χ4v) is 2.16. The zero-order valence-electron chi connectivity index (χ0n) is 11.7. The van der Waals surface area contributed by atoms with E-state index in [0.717, 1.165) is 24.1 Å². The largest absolute Gasteiger partial charge is 0.391 e. The number of hydrogen-bond acceptors (Lipinski definition) is 2. The first-order valence-corrected chi connectivity index (χ1v) is 6.72. The molecule has 19 heavy (non-hydrogen) atoms. The van der Waals surface area contributed by atoms with Crippen molar-refractivity contribution in [3.05, 3.63) is 59.7 Å². The van der Waals surface area contributed by atoms with E-state index in [-0.39, 0.29) is 0 Å². The molecule has 0 spiro atoms. The van der Waals surface area contributed by atoms with Crippen molar-refractivity contribution >= 4 is 5.71 Å². The van der Waals surface area contributed by atoms with Crippen molar-refractivity contribution in [3.63, 3.8) is 0 Å². The van der Waals surface area contributed by atoms with Crippen LogP contribution >= 0.6 is 0 Å². The predicted octanol–water partition coefficient (Wildman–Crippen LogP) is 4.49. The zero-order chi connectivity index (χ0) is 13.7. The van der Waals surface area contributed by atoms with Gasteiger partial charge >= 0.3 is 0 Å². The van der Waals surface area contributed by atoms with Gasteiger partial charge < -0.3 is 4.84 Å². The van der Waals surface area contributed by atoms with Crippen LogP contribution in [0.4, 0.5) is 0 Å². The van der Waals surface area contributed by atoms with E-state index in [1.165, 1.54) is 11.1 Å². The maximum absolute atomic E-state index is 5.48. The van der Waals surface area contributed by atoms with Gasteiger partial charge in [0.1, 0.15) is 6.61 Å². The van der Waals surface area contributed by atoms with Crippen molar-refractivity contribution in [2.45, 2.75) is 33.3 Å². The summed E-state index contributed by atoms with van der Waals surface area (Å²) in [7, 11) is 0. The summed E-state index contributed by atoms with van der Waals surface area (Å²) in [5.74, 6) is 0.503. The molecule has 100 valence electrons. The van der Waals surface area contributed by atoms with Crippen LogP contribution in [0.1, 0.15) is 32.3 Å². The molecule has 1 aromatic carbocycles. The number of oxime groups is 1. The standard InChI is InChI=1S/C17H21NO/c1-13(2)16-10-9-14(3)17(11-16)18-19-12-15-7-5-4-6-8-15/h4-9,16H,1,10-12H2,2-3H3/b18-17-/t16-/m1/s1. The molecule has 0 radical (unpaired) electrons. The van der Waals surface area contributed by atoms with E-state index >= 15 is 0 Å². The molecule has 0 saturated carbocycles. The second kappa shape index (κ2) is 6.37. The Morgan fingerprint density at radius 3 is 2.79 bits per heavy atom. The van der Waals surface area contributed by atoms with Gasteiger partial charge in [-0.2, -0.15) is 0 Å². The molecule has 1 atom stereocenters. The SMILES string of the molecule is C=C(C)[C@@H]1CC=C(C)/C(=N\OCc2ccccc2)C1. The summed E-state index contributed by atoms with van der Waals surface area (Å²) >= 11 is 0. The van der Waals surface area contributed by atoms with Crippen LogP contribution in [0.15, 0.2) is 59.3 Å². The Balaban J connectivity index is 1.96. The smallest absolute Gasteiger partial charge is 0.142 e. The second-order valence-electron chi connectivity index (χ2n) is 5.17. The Labute approximate surface area is 115 Å². The van der Waals surface area contributed by atoms with Gasteiger partial charge in [-0.3, -0.25) is 0 Å². The zero-order valence-corrected chi connectivity index (χ0v) is 11.7. The molecule has 0 aliphatic heterocycles. The number of hydrogen-bond donors (Lipinski definition) is 0. The van der Waals surface area contributed by atoms with Gasteiger partial charge in [0.25, 0.3) is 0 Å². The normalized spacial score (nSPS) is 21.1. The molecule has 0 heterocycles. The molecule has 2 rings (SSSR count). The molecular weight excluding hydrogens is 234 g/mol. The van der Waals surface area contributed by atoms with Gasteiger partial charge in [0.2, 0.25) is 0 Å². The molecule has 1 aliphatic rings. The first-order valence-electron chi connectivity index (χ1n) is 6.72. The average molecular weight is 255 g/mol. The van der Waals surface area contributed by atoms with E-state index in [1.807, 2.05) is 30.3 Å². The Bertz CT molecular complexity index is 499. The monoisotopic (exact) mass is 255 g/mol. The van der Waals surface area contributed by atoms with Crippen molar-refractivity contribution in [2.24, 2.45) is 11.1 Å². The molecule has 0 unspecified atom stereocenters. The number of nitrogens with zero attached hydrogens (tertiary/aromatic N) is 1. The topological polar surface area (TPSA) is 21.6 Å². The van der Waals surface area contributed by atoms with Crippen molar-refractivity contribution in [2.75, 3.05) is 0 Å². The van der Waals surface area contributed by atoms with Crippen LogP contribution in [0.3, 0.4) is 0 Å². The molecule has 1 aliphatic carbocycles. The fourth-order valence-electron chi connectivity index (χ4n) is 2.16. The van der Waals surface area contributed by atoms with Crippen molar-refractivity contribution in [1.82, 2.24) is 0 Å². The van der Waals surface area contributed by atoms with Gasteiger partial charge in [-0.1, -0.05) is 53.7 Å². The Morgan fingerprint density at radius 1 is 1.37 bits per heavy atom.